The van der Waals surface area contributed by atoms with Gasteiger partial charge in [-0.25, -0.2) is 9.97 Å². The van der Waals surface area contributed by atoms with Crippen LogP contribution in [0.25, 0.3) is 0 Å². The summed E-state index contributed by atoms with van der Waals surface area (Å²) in [5.41, 5.74) is 0.584. The van der Waals surface area contributed by atoms with Gasteiger partial charge in [0.2, 0.25) is 0 Å². The minimum atomic E-state index is -0.525. The highest BCUT2D eigenvalue weighted by Crippen LogP contribution is 2.40. The largest absolute Gasteiger partial charge is 0.390 e. The third kappa shape index (κ3) is 2.59. The Morgan fingerprint density at radius 2 is 1.90 bits per heavy atom. The van der Waals surface area contributed by atoms with Crippen LogP contribution >= 0.6 is 0 Å². The summed E-state index contributed by atoms with van der Waals surface area (Å²) in [6.07, 6.45) is 4.01. The van der Waals surface area contributed by atoms with E-state index in [1.807, 2.05) is 14.0 Å². The first-order valence-corrected chi connectivity index (χ1v) is 7.54. The van der Waals surface area contributed by atoms with Crippen molar-refractivity contribution in [3.8, 4) is 0 Å². The van der Waals surface area contributed by atoms with Crippen LogP contribution in [0.2, 0.25) is 0 Å². The fraction of sp³-hybridized carbons (Fsp3) is 0.733. The van der Waals surface area contributed by atoms with Gasteiger partial charge in [-0.15, -0.1) is 0 Å². The van der Waals surface area contributed by atoms with Crippen LogP contribution in [0.1, 0.15) is 49.9 Å². The summed E-state index contributed by atoms with van der Waals surface area (Å²) in [6, 6.07) is 0. The summed E-state index contributed by atoms with van der Waals surface area (Å²) in [5.74, 6) is 3.51. The van der Waals surface area contributed by atoms with Crippen LogP contribution in [0.4, 0.5) is 11.6 Å². The third-order valence-electron chi connectivity index (χ3n) is 4.46. The summed E-state index contributed by atoms with van der Waals surface area (Å²) < 4.78 is 0. The van der Waals surface area contributed by atoms with E-state index >= 15 is 0 Å². The van der Waals surface area contributed by atoms with E-state index in [0.29, 0.717) is 5.92 Å². The predicted molar refractivity (Wildman–Crippen MR) is 80.4 cm³/mol. The zero-order valence-corrected chi connectivity index (χ0v) is 12.6. The molecule has 0 atom stereocenters. The van der Waals surface area contributed by atoms with Gasteiger partial charge in [-0.2, -0.15) is 0 Å². The zero-order chi connectivity index (χ0) is 14.3. The molecule has 2 N–H and O–H groups in total. The molecule has 0 spiro atoms. The summed E-state index contributed by atoms with van der Waals surface area (Å²) in [5, 5.41) is 13.3. The Morgan fingerprint density at radius 1 is 1.25 bits per heavy atom. The molecule has 1 saturated carbocycles. The lowest BCUT2D eigenvalue weighted by molar-refractivity contribution is 0.0350. The first-order valence-electron chi connectivity index (χ1n) is 7.54. The van der Waals surface area contributed by atoms with Crippen molar-refractivity contribution in [1.82, 2.24) is 9.97 Å². The number of nitrogens with one attached hydrogen (secondary N) is 1. The van der Waals surface area contributed by atoms with Gasteiger partial charge < -0.3 is 15.3 Å². The fourth-order valence-electron chi connectivity index (χ4n) is 2.80. The molecule has 2 fully saturated rings. The number of hydrogen-bond donors (Lipinski definition) is 2. The van der Waals surface area contributed by atoms with Crippen molar-refractivity contribution in [3.05, 3.63) is 11.4 Å². The second kappa shape index (κ2) is 4.88. The van der Waals surface area contributed by atoms with E-state index in [1.165, 1.54) is 12.8 Å². The van der Waals surface area contributed by atoms with Crippen LogP contribution in [0.3, 0.4) is 0 Å². The van der Waals surface area contributed by atoms with Gasteiger partial charge in [-0.05, 0) is 39.5 Å². The van der Waals surface area contributed by atoms with Gasteiger partial charge >= 0.3 is 0 Å². The molecule has 0 amide bonds. The molecule has 0 radical (unpaired) electrons. The molecule has 1 saturated heterocycles. The summed E-state index contributed by atoms with van der Waals surface area (Å²) in [7, 11) is 1.91. The topological polar surface area (TPSA) is 61.3 Å². The molecule has 1 aromatic rings. The average Bonchev–Trinajstić information content (AvgIpc) is 3.24. The molecule has 1 aliphatic carbocycles. The number of piperidine rings is 1. The normalized spacial score (nSPS) is 21.9. The Morgan fingerprint density at radius 3 is 2.45 bits per heavy atom. The van der Waals surface area contributed by atoms with Crippen molar-refractivity contribution in [2.24, 2.45) is 0 Å². The molecular formula is C15H24N4O. The lowest BCUT2D eigenvalue weighted by Crippen LogP contribution is -2.43. The zero-order valence-electron chi connectivity index (χ0n) is 12.6. The van der Waals surface area contributed by atoms with E-state index < -0.39 is 5.60 Å². The summed E-state index contributed by atoms with van der Waals surface area (Å²) >= 11 is 0. The number of aromatic nitrogens is 2. The Kier molecular flexibility index (Phi) is 3.32. The maximum Gasteiger partial charge on any atom is 0.137 e. The second-order valence-electron chi connectivity index (χ2n) is 6.39. The molecule has 1 aliphatic heterocycles. The SMILES string of the molecule is CNc1nc(C2CC2)nc(N2CCC(C)(O)CC2)c1C. The molecule has 1 aromatic heterocycles. The summed E-state index contributed by atoms with van der Waals surface area (Å²) in [4.78, 5) is 11.7. The van der Waals surface area contributed by atoms with Crippen molar-refractivity contribution in [2.75, 3.05) is 30.4 Å². The van der Waals surface area contributed by atoms with E-state index in [-0.39, 0.29) is 0 Å². The molecule has 0 unspecified atom stereocenters. The van der Waals surface area contributed by atoms with Crippen LogP contribution in [0.5, 0.6) is 0 Å². The maximum absolute atomic E-state index is 10.1. The van der Waals surface area contributed by atoms with Crippen molar-refractivity contribution < 1.29 is 5.11 Å². The number of rotatable bonds is 3. The lowest BCUT2D eigenvalue weighted by Gasteiger charge is -2.37. The van der Waals surface area contributed by atoms with Crippen molar-refractivity contribution in [3.63, 3.8) is 0 Å². The molecule has 0 aromatic carbocycles. The Bertz CT molecular complexity index is 501. The van der Waals surface area contributed by atoms with Gasteiger partial charge in [0.15, 0.2) is 0 Å². The number of anilines is 2. The standard InChI is InChI=1S/C15H24N4O/c1-10-12(16-3)17-13(11-4-5-11)18-14(10)19-8-6-15(2,20)7-9-19/h11,20H,4-9H2,1-3H3,(H,16,17,18). The van der Waals surface area contributed by atoms with Crippen LogP contribution in [-0.4, -0.2) is 40.8 Å². The molecule has 2 heterocycles. The number of hydrogen-bond acceptors (Lipinski definition) is 5. The van der Waals surface area contributed by atoms with Crippen LogP contribution in [0, 0.1) is 6.92 Å². The maximum atomic E-state index is 10.1. The molecule has 5 heteroatoms. The average molecular weight is 276 g/mol. The van der Waals surface area contributed by atoms with E-state index in [1.54, 1.807) is 0 Å². The van der Waals surface area contributed by atoms with E-state index in [2.05, 4.69) is 22.1 Å². The van der Waals surface area contributed by atoms with Gasteiger partial charge in [0.25, 0.3) is 0 Å². The van der Waals surface area contributed by atoms with Gasteiger partial charge in [0.05, 0.1) is 5.60 Å². The van der Waals surface area contributed by atoms with Crippen LogP contribution in [0.15, 0.2) is 0 Å². The molecule has 3 rings (SSSR count). The van der Waals surface area contributed by atoms with E-state index in [9.17, 15) is 5.11 Å². The highest BCUT2D eigenvalue weighted by molar-refractivity contribution is 5.59. The third-order valence-corrected chi connectivity index (χ3v) is 4.46. The quantitative estimate of drug-likeness (QED) is 0.885. The minimum absolute atomic E-state index is 0.525. The Balaban J connectivity index is 1.90. The summed E-state index contributed by atoms with van der Waals surface area (Å²) in [6.45, 7) is 5.71. The van der Waals surface area contributed by atoms with E-state index in [4.69, 9.17) is 4.98 Å². The van der Waals surface area contributed by atoms with Gasteiger partial charge in [-0.3, -0.25) is 0 Å². The monoisotopic (exact) mass is 276 g/mol. The Labute approximate surface area is 120 Å². The highest BCUT2D eigenvalue weighted by Gasteiger charge is 2.32. The van der Waals surface area contributed by atoms with Crippen molar-refractivity contribution in [1.29, 1.82) is 0 Å². The van der Waals surface area contributed by atoms with Gasteiger partial charge in [0.1, 0.15) is 17.5 Å². The van der Waals surface area contributed by atoms with Gasteiger partial charge in [0, 0.05) is 31.6 Å². The van der Waals surface area contributed by atoms with Crippen molar-refractivity contribution in [2.45, 2.75) is 51.0 Å². The molecule has 110 valence electrons. The molecular weight excluding hydrogens is 252 g/mol. The van der Waals surface area contributed by atoms with Crippen LogP contribution < -0.4 is 10.2 Å². The highest BCUT2D eigenvalue weighted by atomic mass is 16.3. The number of nitrogens with zero attached hydrogens (tertiary/aromatic N) is 3. The fourth-order valence-corrected chi connectivity index (χ4v) is 2.80. The molecule has 0 bridgehead atoms. The lowest BCUT2D eigenvalue weighted by atomic mass is 9.94. The second-order valence-corrected chi connectivity index (χ2v) is 6.39. The van der Waals surface area contributed by atoms with E-state index in [0.717, 1.165) is 49.0 Å². The molecule has 20 heavy (non-hydrogen) atoms. The minimum Gasteiger partial charge on any atom is -0.390 e. The number of aliphatic hydroxyl groups is 1. The Hall–Kier alpha value is -1.36. The molecule has 5 nitrogen and oxygen atoms in total. The van der Waals surface area contributed by atoms with Crippen molar-refractivity contribution >= 4 is 11.6 Å². The first-order chi connectivity index (χ1) is 9.50. The molecule has 2 aliphatic rings. The van der Waals surface area contributed by atoms with Gasteiger partial charge in [-0.1, -0.05) is 0 Å². The first kappa shape index (κ1) is 13.6. The predicted octanol–water partition coefficient (Wildman–Crippen LogP) is 2.06. The van der Waals surface area contributed by atoms with Crippen LogP contribution in [-0.2, 0) is 0 Å². The smallest absolute Gasteiger partial charge is 0.137 e.